The first-order valence-corrected chi connectivity index (χ1v) is 8.62. The maximum absolute atomic E-state index is 5.91. The third-order valence-electron chi connectivity index (χ3n) is 4.20. The summed E-state index contributed by atoms with van der Waals surface area (Å²) in [5.41, 5.74) is 9.59. The van der Waals surface area contributed by atoms with Gasteiger partial charge in [0.15, 0.2) is 5.96 Å². The smallest absolute Gasteiger partial charge is 0.189 e. The molecule has 0 amide bonds. The molecule has 0 unspecified atom stereocenters. The monoisotopic (exact) mass is 314 g/mol. The molecule has 1 aromatic rings. The van der Waals surface area contributed by atoms with E-state index in [0.29, 0.717) is 19.0 Å². The fourth-order valence-electron chi connectivity index (χ4n) is 2.87. The Labute approximate surface area is 140 Å². The minimum absolute atomic E-state index is 0.484. The molecule has 0 aromatic heterocycles. The Morgan fingerprint density at radius 2 is 1.83 bits per heavy atom. The molecule has 0 aliphatic carbocycles. The van der Waals surface area contributed by atoms with E-state index in [9.17, 15) is 0 Å². The van der Waals surface area contributed by atoms with Crippen molar-refractivity contribution in [3.8, 4) is 0 Å². The number of hydrogen-bond donors (Lipinski definition) is 2. The standard InChI is InChI=1S/C19H30N4/c1-16(2)13-21-19(20)22-14-17-9-5-6-10-18(17)15-23-11-7-3-4-8-12-23/h5-6,9-10H,1,3-4,7-8,11-15H2,2H3,(H3,20,21,22). The summed E-state index contributed by atoms with van der Waals surface area (Å²) in [6, 6.07) is 8.56. The van der Waals surface area contributed by atoms with Crippen molar-refractivity contribution in [1.82, 2.24) is 10.2 Å². The number of nitrogens with one attached hydrogen (secondary N) is 1. The molecular formula is C19H30N4. The normalized spacial score (nSPS) is 16.8. The Hall–Kier alpha value is -1.81. The maximum Gasteiger partial charge on any atom is 0.189 e. The zero-order valence-corrected chi connectivity index (χ0v) is 14.4. The molecule has 4 nitrogen and oxygen atoms in total. The van der Waals surface area contributed by atoms with Crippen molar-refractivity contribution < 1.29 is 0 Å². The van der Waals surface area contributed by atoms with Gasteiger partial charge in [0.25, 0.3) is 0 Å². The second kappa shape index (κ2) is 9.36. The van der Waals surface area contributed by atoms with Crippen LogP contribution in [0.25, 0.3) is 0 Å². The fourth-order valence-corrected chi connectivity index (χ4v) is 2.87. The van der Waals surface area contributed by atoms with Gasteiger partial charge in [0.05, 0.1) is 6.54 Å². The first kappa shape index (κ1) is 17.5. The van der Waals surface area contributed by atoms with E-state index in [4.69, 9.17) is 5.73 Å². The predicted molar refractivity (Wildman–Crippen MR) is 98.3 cm³/mol. The molecule has 1 heterocycles. The number of benzene rings is 1. The first-order chi connectivity index (χ1) is 11.1. The second-order valence-electron chi connectivity index (χ2n) is 6.47. The van der Waals surface area contributed by atoms with Gasteiger partial charge < -0.3 is 11.1 Å². The van der Waals surface area contributed by atoms with Crippen LogP contribution in [0.1, 0.15) is 43.7 Å². The van der Waals surface area contributed by atoms with Gasteiger partial charge in [-0.05, 0) is 44.0 Å². The Kier molecular flexibility index (Phi) is 7.14. The lowest BCUT2D eigenvalue weighted by Gasteiger charge is -2.21. The molecule has 126 valence electrons. The van der Waals surface area contributed by atoms with Crippen molar-refractivity contribution in [3.63, 3.8) is 0 Å². The lowest BCUT2D eigenvalue weighted by Crippen LogP contribution is -2.32. The van der Waals surface area contributed by atoms with Crippen molar-refractivity contribution in [3.05, 3.63) is 47.5 Å². The Morgan fingerprint density at radius 3 is 2.48 bits per heavy atom. The van der Waals surface area contributed by atoms with Crippen molar-refractivity contribution in [1.29, 1.82) is 0 Å². The maximum atomic E-state index is 5.91. The second-order valence-corrected chi connectivity index (χ2v) is 6.47. The lowest BCUT2D eigenvalue weighted by atomic mass is 10.1. The number of hydrogen-bond acceptors (Lipinski definition) is 2. The van der Waals surface area contributed by atoms with E-state index in [1.54, 1.807) is 0 Å². The topological polar surface area (TPSA) is 53.6 Å². The average Bonchev–Trinajstić information content (AvgIpc) is 2.81. The van der Waals surface area contributed by atoms with Crippen molar-refractivity contribution >= 4 is 5.96 Å². The van der Waals surface area contributed by atoms with E-state index >= 15 is 0 Å². The predicted octanol–water partition coefficient (Wildman–Crippen LogP) is 3.04. The highest BCUT2D eigenvalue weighted by molar-refractivity contribution is 5.78. The quantitative estimate of drug-likeness (QED) is 0.482. The minimum Gasteiger partial charge on any atom is -0.370 e. The Bertz CT molecular complexity index is 528. The summed E-state index contributed by atoms with van der Waals surface area (Å²) in [5.74, 6) is 0.484. The van der Waals surface area contributed by atoms with Gasteiger partial charge in [-0.15, -0.1) is 0 Å². The van der Waals surface area contributed by atoms with Gasteiger partial charge in [0.1, 0.15) is 0 Å². The minimum atomic E-state index is 0.484. The van der Waals surface area contributed by atoms with E-state index in [1.807, 2.05) is 6.92 Å². The Balaban J connectivity index is 1.96. The van der Waals surface area contributed by atoms with Gasteiger partial charge in [-0.2, -0.15) is 0 Å². The summed E-state index contributed by atoms with van der Waals surface area (Å²) in [5, 5.41) is 3.08. The van der Waals surface area contributed by atoms with Gasteiger partial charge in [0.2, 0.25) is 0 Å². The number of aliphatic imine (C=N–C) groups is 1. The number of rotatable bonds is 6. The van der Waals surface area contributed by atoms with Crippen LogP contribution in [0, 0.1) is 0 Å². The highest BCUT2D eigenvalue weighted by Gasteiger charge is 2.11. The molecule has 0 spiro atoms. The van der Waals surface area contributed by atoms with Gasteiger partial charge in [-0.3, -0.25) is 4.90 Å². The Morgan fingerprint density at radius 1 is 1.17 bits per heavy atom. The molecule has 0 bridgehead atoms. The van der Waals surface area contributed by atoms with Crippen molar-refractivity contribution in [2.75, 3.05) is 19.6 Å². The van der Waals surface area contributed by atoms with Gasteiger partial charge >= 0.3 is 0 Å². The third kappa shape index (κ3) is 6.45. The van der Waals surface area contributed by atoms with Crippen LogP contribution in [0.5, 0.6) is 0 Å². The van der Waals surface area contributed by atoms with E-state index in [1.165, 1.54) is 49.9 Å². The number of guanidine groups is 1. The van der Waals surface area contributed by atoms with E-state index < -0.39 is 0 Å². The highest BCUT2D eigenvalue weighted by atomic mass is 15.1. The largest absolute Gasteiger partial charge is 0.370 e. The van der Waals surface area contributed by atoms with Gasteiger partial charge in [0, 0.05) is 13.1 Å². The van der Waals surface area contributed by atoms with Crippen LogP contribution in [0.15, 0.2) is 41.4 Å². The molecule has 1 aliphatic rings. The van der Waals surface area contributed by atoms with Crippen LogP contribution < -0.4 is 11.1 Å². The molecule has 1 saturated heterocycles. The first-order valence-electron chi connectivity index (χ1n) is 8.62. The number of nitrogens with zero attached hydrogens (tertiary/aromatic N) is 2. The highest BCUT2D eigenvalue weighted by Crippen LogP contribution is 2.16. The molecule has 0 saturated carbocycles. The van der Waals surface area contributed by atoms with Crippen LogP contribution in [-0.4, -0.2) is 30.5 Å². The van der Waals surface area contributed by atoms with E-state index in [2.05, 4.69) is 46.1 Å². The summed E-state index contributed by atoms with van der Waals surface area (Å²) in [6.45, 7) is 10.6. The van der Waals surface area contributed by atoms with Crippen LogP contribution in [0.3, 0.4) is 0 Å². The zero-order chi connectivity index (χ0) is 16.5. The molecule has 0 atom stereocenters. The molecule has 1 aliphatic heterocycles. The summed E-state index contributed by atoms with van der Waals surface area (Å²) < 4.78 is 0. The van der Waals surface area contributed by atoms with Crippen molar-refractivity contribution in [2.24, 2.45) is 10.7 Å². The molecule has 3 N–H and O–H groups in total. The molecule has 0 radical (unpaired) electrons. The van der Waals surface area contributed by atoms with Crippen LogP contribution in [-0.2, 0) is 13.1 Å². The summed E-state index contributed by atoms with van der Waals surface area (Å²) in [6.07, 6.45) is 5.37. The summed E-state index contributed by atoms with van der Waals surface area (Å²) >= 11 is 0. The molecule has 1 aromatic carbocycles. The lowest BCUT2D eigenvalue weighted by molar-refractivity contribution is 0.276. The van der Waals surface area contributed by atoms with Crippen molar-refractivity contribution in [2.45, 2.75) is 45.7 Å². The molecule has 1 fully saturated rings. The molecule has 23 heavy (non-hydrogen) atoms. The molecule has 2 rings (SSSR count). The summed E-state index contributed by atoms with van der Waals surface area (Å²) in [4.78, 5) is 7.03. The van der Waals surface area contributed by atoms with Gasteiger partial charge in [-0.1, -0.05) is 49.3 Å². The molecule has 4 heteroatoms. The number of likely N-dealkylation sites (tertiary alicyclic amines) is 1. The molecular weight excluding hydrogens is 284 g/mol. The van der Waals surface area contributed by atoms with E-state index in [-0.39, 0.29) is 0 Å². The van der Waals surface area contributed by atoms with Gasteiger partial charge in [-0.25, -0.2) is 4.99 Å². The van der Waals surface area contributed by atoms with Crippen LogP contribution in [0.4, 0.5) is 0 Å². The van der Waals surface area contributed by atoms with Crippen LogP contribution >= 0.6 is 0 Å². The van der Waals surface area contributed by atoms with E-state index in [0.717, 1.165) is 12.1 Å². The summed E-state index contributed by atoms with van der Waals surface area (Å²) in [7, 11) is 0. The number of nitrogens with two attached hydrogens (primary N) is 1. The zero-order valence-electron chi connectivity index (χ0n) is 14.4. The average molecular weight is 314 g/mol. The fraction of sp³-hybridized carbons (Fsp3) is 0.526. The third-order valence-corrected chi connectivity index (χ3v) is 4.20. The SMILES string of the molecule is C=C(C)CNC(N)=NCc1ccccc1CN1CCCCCC1. The van der Waals surface area contributed by atoms with Crippen LogP contribution in [0.2, 0.25) is 0 Å².